The van der Waals surface area contributed by atoms with Gasteiger partial charge in [0, 0.05) is 24.3 Å². The Morgan fingerprint density at radius 2 is 1.79 bits per heavy atom. The predicted molar refractivity (Wildman–Crippen MR) is 78.4 cm³/mol. The fraction of sp³-hybridized carbons (Fsp3) is 0.625. The van der Waals surface area contributed by atoms with E-state index in [0.717, 1.165) is 39.1 Å². The Kier molecular flexibility index (Phi) is 3.76. The molecule has 0 radical (unpaired) electrons. The van der Waals surface area contributed by atoms with E-state index in [1.807, 2.05) is 0 Å². The van der Waals surface area contributed by atoms with Gasteiger partial charge in [0.1, 0.15) is 0 Å². The van der Waals surface area contributed by atoms with Crippen molar-refractivity contribution in [3.63, 3.8) is 0 Å². The molecule has 2 N–H and O–H groups in total. The summed E-state index contributed by atoms with van der Waals surface area (Å²) >= 11 is 0. The van der Waals surface area contributed by atoms with Gasteiger partial charge in [-0.1, -0.05) is 31.4 Å². The van der Waals surface area contributed by atoms with Crippen molar-refractivity contribution in [3.8, 4) is 0 Å². The highest BCUT2D eigenvalue weighted by molar-refractivity contribution is 5.50. The molecule has 1 aliphatic carbocycles. The fourth-order valence-electron chi connectivity index (χ4n) is 3.31. The van der Waals surface area contributed by atoms with E-state index in [1.165, 1.54) is 30.5 Å². The second-order valence-electron chi connectivity index (χ2n) is 5.87. The average molecular weight is 260 g/mol. The van der Waals surface area contributed by atoms with Crippen LogP contribution in [0.4, 0.5) is 5.69 Å². The minimum absolute atomic E-state index is 0.0967. The van der Waals surface area contributed by atoms with E-state index in [1.54, 1.807) is 0 Å². The van der Waals surface area contributed by atoms with E-state index in [-0.39, 0.29) is 5.54 Å². The van der Waals surface area contributed by atoms with E-state index < -0.39 is 0 Å². The number of hydrogen-bond donors (Lipinski definition) is 1. The molecule has 104 valence electrons. The van der Waals surface area contributed by atoms with Crippen molar-refractivity contribution in [2.45, 2.75) is 37.6 Å². The Labute approximate surface area is 115 Å². The van der Waals surface area contributed by atoms with Crippen molar-refractivity contribution >= 4 is 5.69 Å². The van der Waals surface area contributed by atoms with Gasteiger partial charge in [-0.2, -0.15) is 0 Å². The molecule has 0 amide bonds. The molecule has 0 spiro atoms. The molecule has 1 aromatic rings. The van der Waals surface area contributed by atoms with Crippen molar-refractivity contribution in [1.82, 2.24) is 0 Å². The number of hydrogen-bond acceptors (Lipinski definition) is 3. The standard InChI is InChI=1S/C16H24N2O/c17-16(7-2-1-3-8-16)14-5-4-6-15(13-14)18-9-11-19-12-10-18/h4-6,13H,1-3,7-12,17H2. The van der Waals surface area contributed by atoms with Gasteiger partial charge in [0.15, 0.2) is 0 Å². The molecule has 0 atom stereocenters. The van der Waals surface area contributed by atoms with E-state index >= 15 is 0 Å². The first-order valence-electron chi connectivity index (χ1n) is 7.50. The number of nitrogens with zero attached hydrogens (tertiary/aromatic N) is 1. The topological polar surface area (TPSA) is 38.5 Å². The SMILES string of the molecule is NC1(c2cccc(N3CCOCC3)c2)CCCCC1. The minimum atomic E-state index is -0.0967. The normalized spacial score (nSPS) is 23.3. The first-order valence-corrected chi connectivity index (χ1v) is 7.50. The lowest BCUT2D eigenvalue weighted by Crippen LogP contribution is -2.39. The van der Waals surface area contributed by atoms with Crippen LogP contribution in [0.5, 0.6) is 0 Å². The van der Waals surface area contributed by atoms with Crippen LogP contribution in [-0.4, -0.2) is 26.3 Å². The van der Waals surface area contributed by atoms with Crippen LogP contribution < -0.4 is 10.6 Å². The molecule has 0 bridgehead atoms. The van der Waals surface area contributed by atoms with Gasteiger partial charge >= 0.3 is 0 Å². The van der Waals surface area contributed by atoms with Crippen molar-refractivity contribution in [1.29, 1.82) is 0 Å². The second-order valence-corrected chi connectivity index (χ2v) is 5.87. The van der Waals surface area contributed by atoms with Crippen LogP contribution in [0.2, 0.25) is 0 Å². The highest BCUT2D eigenvalue weighted by Gasteiger charge is 2.29. The molecule has 0 unspecified atom stereocenters. The molecule has 1 aliphatic heterocycles. The van der Waals surface area contributed by atoms with Gasteiger partial charge in [0.25, 0.3) is 0 Å². The highest BCUT2D eigenvalue weighted by Crippen LogP contribution is 2.36. The van der Waals surface area contributed by atoms with E-state index in [4.69, 9.17) is 10.5 Å². The third-order valence-corrected chi connectivity index (χ3v) is 4.54. The van der Waals surface area contributed by atoms with Crippen LogP contribution in [0.3, 0.4) is 0 Å². The van der Waals surface area contributed by atoms with E-state index in [9.17, 15) is 0 Å². The van der Waals surface area contributed by atoms with Gasteiger partial charge in [-0.05, 0) is 30.5 Å². The largest absolute Gasteiger partial charge is 0.378 e. The van der Waals surface area contributed by atoms with Gasteiger partial charge < -0.3 is 15.4 Å². The molecule has 3 heteroatoms. The molecule has 1 saturated carbocycles. The summed E-state index contributed by atoms with van der Waals surface area (Å²) in [7, 11) is 0. The molecule has 2 fully saturated rings. The summed E-state index contributed by atoms with van der Waals surface area (Å²) in [6, 6.07) is 8.86. The summed E-state index contributed by atoms with van der Waals surface area (Å²) in [4.78, 5) is 2.40. The predicted octanol–water partition coefficient (Wildman–Crippen LogP) is 2.64. The third kappa shape index (κ3) is 2.77. The Morgan fingerprint density at radius 1 is 1.05 bits per heavy atom. The summed E-state index contributed by atoms with van der Waals surface area (Å²) in [5.74, 6) is 0. The second kappa shape index (κ2) is 5.51. The molecule has 1 aromatic carbocycles. The maximum atomic E-state index is 6.64. The smallest absolute Gasteiger partial charge is 0.0642 e. The number of anilines is 1. The molecular formula is C16H24N2O. The molecule has 3 rings (SSSR count). The molecule has 2 aliphatic rings. The number of benzene rings is 1. The number of ether oxygens (including phenoxy) is 1. The van der Waals surface area contributed by atoms with Gasteiger partial charge in [-0.3, -0.25) is 0 Å². The van der Waals surface area contributed by atoms with Crippen LogP contribution in [0, 0.1) is 0 Å². The Bertz CT molecular complexity index is 421. The van der Waals surface area contributed by atoms with Crippen LogP contribution in [-0.2, 0) is 10.3 Å². The summed E-state index contributed by atoms with van der Waals surface area (Å²) in [6.07, 6.45) is 6.11. The number of rotatable bonds is 2. The van der Waals surface area contributed by atoms with Gasteiger partial charge in [-0.15, -0.1) is 0 Å². The van der Waals surface area contributed by atoms with Crippen LogP contribution in [0.25, 0.3) is 0 Å². The van der Waals surface area contributed by atoms with Crippen molar-refractivity contribution in [3.05, 3.63) is 29.8 Å². The maximum absolute atomic E-state index is 6.64. The van der Waals surface area contributed by atoms with Gasteiger partial charge in [0.2, 0.25) is 0 Å². The zero-order valence-electron chi connectivity index (χ0n) is 11.6. The first-order chi connectivity index (χ1) is 9.28. The quantitative estimate of drug-likeness (QED) is 0.888. The van der Waals surface area contributed by atoms with E-state index in [0.29, 0.717) is 0 Å². The summed E-state index contributed by atoms with van der Waals surface area (Å²) in [6.45, 7) is 3.64. The molecule has 0 aromatic heterocycles. The maximum Gasteiger partial charge on any atom is 0.0642 e. The van der Waals surface area contributed by atoms with Crippen LogP contribution in [0.1, 0.15) is 37.7 Å². The average Bonchev–Trinajstić information content (AvgIpc) is 2.49. The molecule has 3 nitrogen and oxygen atoms in total. The monoisotopic (exact) mass is 260 g/mol. The molecular weight excluding hydrogens is 236 g/mol. The van der Waals surface area contributed by atoms with E-state index in [2.05, 4.69) is 29.2 Å². The lowest BCUT2D eigenvalue weighted by molar-refractivity contribution is 0.122. The van der Waals surface area contributed by atoms with Crippen molar-refractivity contribution in [2.75, 3.05) is 31.2 Å². The first kappa shape index (κ1) is 12.9. The summed E-state index contributed by atoms with van der Waals surface area (Å²) < 4.78 is 5.42. The fourth-order valence-corrected chi connectivity index (χ4v) is 3.31. The van der Waals surface area contributed by atoms with Gasteiger partial charge in [0.05, 0.1) is 13.2 Å². The minimum Gasteiger partial charge on any atom is -0.378 e. The number of nitrogens with two attached hydrogens (primary N) is 1. The lowest BCUT2D eigenvalue weighted by Gasteiger charge is -2.35. The van der Waals surface area contributed by atoms with Crippen LogP contribution in [0.15, 0.2) is 24.3 Å². The van der Waals surface area contributed by atoms with Crippen molar-refractivity contribution < 1.29 is 4.74 Å². The number of morpholine rings is 1. The Balaban J connectivity index is 1.82. The molecule has 1 saturated heterocycles. The van der Waals surface area contributed by atoms with Gasteiger partial charge in [-0.25, -0.2) is 0 Å². The third-order valence-electron chi connectivity index (χ3n) is 4.54. The Morgan fingerprint density at radius 3 is 2.53 bits per heavy atom. The molecule has 1 heterocycles. The molecule has 19 heavy (non-hydrogen) atoms. The Hall–Kier alpha value is -1.06. The summed E-state index contributed by atoms with van der Waals surface area (Å²) in [5, 5.41) is 0. The zero-order chi connectivity index (χ0) is 13.1. The van der Waals surface area contributed by atoms with Crippen molar-refractivity contribution in [2.24, 2.45) is 5.73 Å². The summed E-state index contributed by atoms with van der Waals surface area (Å²) in [5.41, 5.74) is 9.16. The zero-order valence-corrected chi connectivity index (χ0v) is 11.6. The highest BCUT2D eigenvalue weighted by atomic mass is 16.5. The van der Waals surface area contributed by atoms with Crippen LogP contribution >= 0.6 is 0 Å². The lowest BCUT2D eigenvalue weighted by atomic mass is 9.77.